The van der Waals surface area contributed by atoms with Crippen LogP contribution in [0.15, 0.2) is 0 Å². The third-order valence-electron chi connectivity index (χ3n) is 2.89. The van der Waals surface area contributed by atoms with Crippen molar-refractivity contribution in [2.75, 3.05) is 0 Å². The van der Waals surface area contributed by atoms with Crippen LogP contribution in [0.3, 0.4) is 0 Å². The molecule has 0 unspecified atom stereocenters. The topological polar surface area (TPSA) is 0 Å². The highest BCUT2D eigenvalue weighted by molar-refractivity contribution is 14.4. The molecule has 0 saturated heterocycles. The maximum Gasteiger partial charge on any atom is 0.263 e. The molecule has 0 radical (unpaired) electrons. The molecular weight excluding hydrogens is 1040 g/mol. The van der Waals surface area contributed by atoms with Gasteiger partial charge in [0.1, 0.15) is 0 Å². The number of rotatable bonds is 3. The van der Waals surface area contributed by atoms with Crippen LogP contribution in [0.4, 0.5) is 0 Å². The second-order valence-electron chi connectivity index (χ2n) is 4.03. The van der Waals surface area contributed by atoms with Crippen LogP contribution in [0.1, 0.15) is 32.1 Å². The van der Waals surface area contributed by atoms with Crippen molar-refractivity contribution < 1.29 is 0 Å². The van der Waals surface area contributed by atoms with Gasteiger partial charge in [-0.25, -0.2) is 0 Å². The van der Waals surface area contributed by atoms with E-state index in [4.69, 9.17) is 0 Å². The molecule has 0 amide bonds. The SMILES string of the molecule is I[Si](I)(I)[Si](I)(I)[Si](I)(I)C1CCCCC1. The van der Waals surface area contributed by atoms with E-state index in [2.05, 4.69) is 153 Å². The molecule has 0 aliphatic heterocycles. The minimum absolute atomic E-state index is 1.04. The molecule has 0 atom stereocenters. The summed E-state index contributed by atoms with van der Waals surface area (Å²) >= 11 is 20.3. The van der Waals surface area contributed by atoms with Crippen molar-refractivity contribution in [2.45, 2.75) is 37.6 Å². The van der Waals surface area contributed by atoms with Crippen LogP contribution >= 0.6 is 153 Å². The van der Waals surface area contributed by atoms with E-state index in [9.17, 15) is 0 Å². The second-order valence-corrected chi connectivity index (χ2v) is 112. The minimum Gasteiger partial charge on any atom is -0.107 e. The van der Waals surface area contributed by atoms with Gasteiger partial charge in [-0.1, -0.05) is 97.5 Å². The molecule has 0 aromatic rings. The number of halogens is 7. The molecule has 1 rings (SSSR count). The Kier molecular flexibility index (Phi) is 9.95. The van der Waals surface area contributed by atoms with Crippen LogP contribution in [-0.4, -0.2) is 4.77 Å². The zero-order chi connectivity index (χ0) is 12.6. The van der Waals surface area contributed by atoms with E-state index in [1.54, 1.807) is 0 Å². The van der Waals surface area contributed by atoms with Crippen LogP contribution in [0.25, 0.3) is 0 Å². The fourth-order valence-corrected chi connectivity index (χ4v) is 164. The van der Waals surface area contributed by atoms with Gasteiger partial charge in [-0.2, -0.15) is 0 Å². The monoisotopic (exact) mass is 1060 g/mol. The predicted octanol–water partition coefficient (Wildman–Crippen LogP) is 7.35. The molecule has 96 valence electrons. The molecule has 10 heteroatoms. The van der Waals surface area contributed by atoms with Crippen LogP contribution in [0, 0.1) is 0 Å². The first kappa shape index (κ1) is 19.8. The fraction of sp³-hybridized carbons (Fsp3) is 1.00. The maximum absolute atomic E-state index is 2.96. The summed E-state index contributed by atoms with van der Waals surface area (Å²) in [5.74, 6) is 0. The molecule has 0 aromatic carbocycles. The lowest BCUT2D eigenvalue weighted by Crippen LogP contribution is -2.59. The van der Waals surface area contributed by atoms with Crippen molar-refractivity contribution in [2.24, 2.45) is 0 Å². The van der Waals surface area contributed by atoms with Gasteiger partial charge in [0.05, 0.1) is 0 Å². The van der Waals surface area contributed by atoms with Crippen molar-refractivity contribution in [3.8, 4) is 0 Å². The summed E-state index contributed by atoms with van der Waals surface area (Å²) in [5.41, 5.74) is 1.11. The lowest BCUT2D eigenvalue weighted by Gasteiger charge is -2.42. The smallest absolute Gasteiger partial charge is 0.107 e. The van der Waals surface area contributed by atoms with Crippen LogP contribution < -0.4 is 0 Å². The summed E-state index contributed by atoms with van der Waals surface area (Å²) in [6.07, 6.45) is 7.57. The summed E-state index contributed by atoms with van der Waals surface area (Å²) in [5, 5.41) is 0. The molecule has 0 spiro atoms. The lowest BCUT2D eigenvalue weighted by molar-refractivity contribution is 0.502. The molecule has 0 nitrogen and oxygen atoms in total. The Morgan fingerprint density at radius 3 is 1.50 bits per heavy atom. The van der Waals surface area contributed by atoms with Crippen LogP contribution in [0.5, 0.6) is 0 Å². The fourth-order valence-electron chi connectivity index (χ4n) is 1.91. The third kappa shape index (κ3) is 4.88. The van der Waals surface area contributed by atoms with Crippen molar-refractivity contribution in [1.29, 1.82) is 0 Å². The lowest BCUT2D eigenvalue weighted by atomic mass is 10.0. The summed E-state index contributed by atoms with van der Waals surface area (Å²) in [7, 11) is 0. The van der Waals surface area contributed by atoms with Gasteiger partial charge in [-0.15, -0.1) is 87.2 Å². The molecule has 1 saturated carbocycles. The van der Waals surface area contributed by atoms with Gasteiger partial charge in [-0.3, -0.25) is 0 Å². The highest BCUT2D eigenvalue weighted by Gasteiger charge is 2.64. The summed E-state index contributed by atoms with van der Waals surface area (Å²) in [6.45, 7) is 0. The molecular formula is C6H11I7Si3. The van der Waals surface area contributed by atoms with Gasteiger partial charge >= 0.3 is 0 Å². The van der Waals surface area contributed by atoms with Crippen LogP contribution in [0.2, 0.25) is 5.54 Å². The van der Waals surface area contributed by atoms with E-state index in [0.717, 1.165) is 5.54 Å². The van der Waals surface area contributed by atoms with E-state index in [0.29, 0.717) is 0 Å². The standard InChI is InChI=1S/C6H11I7Si3/c7-14(8,6-4-2-1-3-5-6)16(12,13)15(9,10)11/h6H,1-5H2. The molecule has 16 heavy (non-hydrogen) atoms. The van der Waals surface area contributed by atoms with Crippen LogP contribution in [-0.2, 0) is 0 Å². The van der Waals surface area contributed by atoms with Gasteiger partial charge in [0.2, 0.25) is 4.69 Å². The normalized spacial score (nSPS) is 21.2. The average molecular weight is 1060 g/mol. The summed E-state index contributed by atoms with van der Waals surface area (Å²) in [4.78, 5) is 0. The average Bonchev–Trinajstić information content (AvgIpc) is 2.17. The Morgan fingerprint density at radius 1 is 0.688 bits per heavy atom. The highest BCUT2D eigenvalue weighted by atomic mass is 127. The Hall–Kier alpha value is 5.76. The first-order chi connectivity index (χ1) is 7.11. The summed E-state index contributed by atoms with van der Waals surface area (Å²) in [6, 6.07) is 0. The zero-order valence-electron chi connectivity index (χ0n) is 8.26. The predicted molar refractivity (Wildman–Crippen MR) is 142 cm³/mol. The van der Waals surface area contributed by atoms with E-state index in [1.807, 2.05) is 0 Å². The third-order valence-corrected chi connectivity index (χ3v) is 206. The van der Waals surface area contributed by atoms with Crippen molar-refractivity contribution in [1.82, 2.24) is 0 Å². The first-order valence-electron chi connectivity index (χ1n) is 4.93. The Labute approximate surface area is 190 Å². The van der Waals surface area contributed by atoms with Gasteiger partial charge in [0.15, 0.2) is 0 Å². The molecule has 0 N–H and O–H groups in total. The molecule has 1 aliphatic carbocycles. The van der Waals surface area contributed by atoms with Gasteiger partial charge < -0.3 is 0 Å². The van der Waals surface area contributed by atoms with E-state index in [-0.39, 0.29) is 0 Å². The number of hydrogen-bond donors (Lipinski definition) is 0. The van der Waals surface area contributed by atoms with E-state index < -0.39 is 4.77 Å². The quantitative estimate of drug-likeness (QED) is 0.158. The Morgan fingerprint density at radius 2 is 1.12 bits per heavy atom. The molecule has 0 bridgehead atoms. The number of hydrogen-bond acceptors (Lipinski definition) is 0. The van der Waals surface area contributed by atoms with Gasteiger partial charge in [0.25, 0.3) is 0.0813 Å². The zero-order valence-corrected chi connectivity index (χ0v) is 26.4. The van der Waals surface area contributed by atoms with Crippen molar-refractivity contribution >= 4 is 157 Å². The molecule has 0 aromatic heterocycles. The Bertz CT molecular complexity index is 245. The van der Waals surface area contributed by atoms with Crippen molar-refractivity contribution in [3.63, 3.8) is 0 Å². The second kappa shape index (κ2) is 8.04. The minimum atomic E-state index is -1.07. The Balaban J connectivity index is 2.90. The summed E-state index contributed by atoms with van der Waals surface area (Å²) < 4.78 is -3.18. The van der Waals surface area contributed by atoms with Gasteiger partial charge in [0, 0.05) is 0 Å². The highest BCUT2D eigenvalue weighted by Crippen LogP contribution is 2.60. The van der Waals surface area contributed by atoms with Gasteiger partial charge in [-0.05, 0) is 5.54 Å². The maximum atomic E-state index is 2.96. The van der Waals surface area contributed by atoms with Crippen molar-refractivity contribution in [3.05, 3.63) is 0 Å². The molecule has 0 heterocycles. The molecule has 1 fully saturated rings. The molecule has 1 aliphatic rings. The largest absolute Gasteiger partial charge is 0.263 e. The van der Waals surface area contributed by atoms with E-state index >= 15 is 0 Å². The first-order valence-corrected chi connectivity index (χ1v) is 34.8. The van der Waals surface area contributed by atoms with E-state index in [1.165, 1.54) is 32.1 Å².